The Hall–Kier alpha value is -3.06. The highest BCUT2D eigenvalue weighted by Crippen LogP contribution is 2.41. The van der Waals surface area contributed by atoms with Crippen molar-refractivity contribution in [1.82, 2.24) is 19.3 Å². The Morgan fingerprint density at radius 1 is 1.13 bits per heavy atom. The highest BCUT2D eigenvalue weighted by Gasteiger charge is 2.31. The van der Waals surface area contributed by atoms with Crippen LogP contribution in [0.5, 0.6) is 0 Å². The summed E-state index contributed by atoms with van der Waals surface area (Å²) in [7, 11) is 0. The van der Waals surface area contributed by atoms with Crippen molar-refractivity contribution in [2.75, 3.05) is 5.75 Å². The number of thioether (sulfide) groups is 1. The van der Waals surface area contributed by atoms with Crippen LogP contribution < -0.4 is 0 Å². The van der Waals surface area contributed by atoms with E-state index in [2.05, 4.69) is 31.5 Å². The molecule has 0 atom stereocenters. The van der Waals surface area contributed by atoms with Crippen molar-refractivity contribution in [1.29, 1.82) is 0 Å². The van der Waals surface area contributed by atoms with Gasteiger partial charge in [-0.05, 0) is 57.0 Å². The van der Waals surface area contributed by atoms with Crippen LogP contribution in [0.3, 0.4) is 0 Å². The molecule has 0 spiro atoms. The molecule has 3 aromatic heterocycles. The van der Waals surface area contributed by atoms with Crippen molar-refractivity contribution < 1.29 is 9.21 Å². The molecule has 1 aliphatic rings. The van der Waals surface area contributed by atoms with Crippen LogP contribution in [-0.4, -0.2) is 30.9 Å². The Labute approximate surface area is 185 Å². The zero-order valence-electron chi connectivity index (χ0n) is 17.6. The lowest BCUT2D eigenvalue weighted by atomic mass is 10.2. The van der Waals surface area contributed by atoms with Gasteiger partial charge in [0.25, 0.3) is 0 Å². The number of nitrogens with zero attached hydrogens (tertiary/aromatic N) is 4. The maximum atomic E-state index is 13.1. The number of ketones is 1. The molecule has 158 valence electrons. The number of hydrogen-bond donors (Lipinski definition) is 0. The quantitative estimate of drug-likeness (QED) is 0.284. The number of aromatic nitrogens is 4. The van der Waals surface area contributed by atoms with Crippen molar-refractivity contribution in [3.05, 3.63) is 83.3 Å². The second-order valence-corrected chi connectivity index (χ2v) is 8.89. The number of hydrogen-bond acceptors (Lipinski definition) is 5. The molecule has 1 aliphatic carbocycles. The number of furan rings is 1. The molecule has 5 rings (SSSR count). The molecule has 0 bridgehead atoms. The third kappa shape index (κ3) is 3.97. The summed E-state index contributed by atoms with van der Waals surface area (Å²) in [4.78, 5) is 13.1. The highest BCUT2D eigenvalue weighted by atomic mass is 32.2. The molecular weight excluding hydrogens is 408 g/mol. The van der Waals surface area contributed by atoms with Crippen molar-refractivity contribution >= 4 is 17.5 Å². The number of Topliss-reactive ketones (excluding diaryl/α,β-unsaturated/α-hetero) is 1. The van der Waals surface area contributed by atoms with E-state index in [-0.39, 0.29) is 5.78 Å². The third-order valence-electron chi connectivity index (χ3n) is 5.72. The summed E-state index contributed by atoms with van der Waals surface area (Å²) in [6.45, 7) is 4.64. The van der Waals surface area contributed by atoms with Gasteiger partial charge < -0.3 is 8.98 Å². The molecule has 31 heavy (non-hydrogen) atoms. The van der Waals surface area contributed by atoms with Crippen molar-refractivity contribution in [2.45, 2.75) is 44.3 Å². The minimum absolute atomic E-state index is 0.0966. The Kier molecular flexibility index (Phi) is 5.28. The van der Waals surface area contributed by atoms with Gasteiger partial charge in [-0.2, -0.15) is 0 Å². The smallest absolute Gasteiger partial charge is 0.196 e. The van der Waals surface area contributed by atoms with E-state index in [4.69, 9.17) is 4.42 Å². The fourth-order valence-corrected chi connectivity index (χ4v) is 4.74. The summed E-state index contributed by atoms with van der Waals surface area (Å²) < 4.78 is 9.70. The average Bonchev–Trinajstić information content (AvgIpc) is 3.21. The first-order chi connectivity index (χ1) is 15.1. The lowest BCUT2D eigenvalue weighted by Gasteiger charge is -2.10. The molecule has 0 amide bonds. The van der Waals surface area contributed by atoms with Gasteiger partial charge in [0, 0.05) is 28.6 Å². The first-order valence-electron chi connectivity index (χ1n) is 10.5. The predicted octanol–water partition coefficient (Wildman–Crippen LogP) is 5.18. The normalized spacial score (nSPS) is 13.6. The van der Waals surface area contributed by atoms with Crippen LogP contribution in [0.2, 0.25) is 0 Å². The standard InChI is InChI=1S/C24H24N4O2S/c1-16-13-21(17(2)27(16)14-20-9-6-12-30-20)22(29)15-31-24-26-25-23(18-10-11-18)28(24)19-7-4-3-5-8-19/h3-9,12-13,18H,10-11,14-15H2,1-2H3. The third-order valence-corrected chi connectivity index (χ3v) is 6.64. The van der Waals surface area contributed by atoms with Gasteiger partial charge >= 0.3 is 0 Å². The summed E-state index contributed by atoms with van der Waals surface area (Å²) >= 11 is 1.45. The molecule has 0 unspecified atom stereocenters. The molecule has 6 nitrogen and oxygen atoms in total. The highest BCUT2D eigenvalue weighted by molar-refractivity contribution is 7.99. The summed E-state index contributed by atoms with van der Waals surface area (Å²) in [5.41, 5.74) is 3.80. The van der Waals surface area contributed by atoms with E-state index < -0.39 is 0 Å². The van der Waals surface area contributed by atoms with Gasteiger partial charge in [-0.3, -0.25) is 9.36 Å². The van der Waals surface area contributed by atoms with Crippen LogP contribution in [-0.2, 0) is 6.54 Å². The van der Waals surface area contributed by atoms with Crippen molar-refractivity contribution in [3.63, 3.8) is 0 Å². The van der Waals surface area contributed by atoms with E-state index in [1.165, 1.54) is 11.8 Å². The van der Waals surface area contributed by atoms with Gasteiger partial charge in [-0.25, -0.2) is 0 Å². The van der Waals surface area contributed by atoms with Crippen LogP contribution in [0.4, 0.5) is 0 Å². The molecule has 0 saturated heterocycles. The molecule has 1 fully saturated rings. The number of aryl methyl sites for hydroxylation is 1. The molecule has 1 saturated carbocycles. The molecular formula is C24H24N4O2S. The Morgan fingerprint density at radius 2 is 1.94 bits per heavy atom. The molecule has 0 N–H and O–H groups in total. The minimum atomic E-state index is 0.0966. The minimum Gasteiger partial charge on any atom is -0.467 e. The Morgan fingerprint density at radius 3 is 2.65 bits per heavy atom. The number of benzene rings is 1. The maximum Gasteiger partial charge on any atom is 0.196 e. The van der Waals surface area contributed by atoms with Crippen LogP contribution in [0.1, 0.15) is 52.1 Å². The van der Waals surface area contributed by atoms with Gasteiger partial charge in [-0.1, -0.05) is 30.0 Å². The number of carbonyl (C=O) groups excluding carboxylic acids is 1. The second kappa shape index (κ2) is 8.23. The Bertz CT molecular complexity index is 1200. The molecule has 3 heterocycles. The van der Waals surface area contributed by atoms with E-state index in [0.29, 0.717) is 18.2 Å². The second-order valence-electron chi connectivity index (χ2n) is 7.95. The van der Waals surface area contributed by atoms with Crippen LogP contribution in [0, 0.1) is 13.8 Å². The summed E-state index contributed by atoms with van der Waals surface area (Å²) in [6, 6.07) is 15.9. The van der Waals surface area contributed by atoms with E-state index in [0.717, 1.165) is 52.2 Å². The summed E-state index contributed by atoms with van der Waals surface area (Å²) in [5.74, 6) is 2.76. The van der Waals surface area contributed by atoms with E-state index >= 15 is 0 Å². The average molecular weight is 433 g/mol. The van der Waals surface area contributed by atoms with E-state index in [1.54, 1.807) is 6.26 Å². The van der Waals surface area contributed by atoms with Crippen LogP contribution in [0.25, 0.3) is 5.69 Å². The Balaban J connectivity index is 1.36. The first-order valence-corrected chi connectivity index (χ1v) is 11.5. The lowest BCUT2D eigenvalue weighted by Crippen LogP contribution is -2.08. The molecule has 4 aromatic rings. The molecule has 7 heteroatoms. The lowest BCUT2D eigenvalue weighted by molar-refractivity contribution is 0.102. The van der Waals surface area contributed by atoms with Gasteiger partial charge in [0.05, 0.1) is 18.6 Å². The fourth-order valence-electron chi connectivity index (χ4n) is 3.89. The maximum absolute atomic E-state index is 13.1. The van der Waals surface area contributed by atoms with Crippen LogP contribution >= 0.6 is 11.8 Å². The summed E-state index contributed by atoms with van der Waals surface area (Å²) in [6.07, 6.45) is 3.97. The SMILES string of the molecule is Cc1cc(C(=O)CSc2nnc(C3CC3)n2-c2ccccc2)c(C)n1Cc1ccco1. The number of rotatable bonds is 8. The zero-order chi connectivity index (χ0) is 21.4. The first kappa shape index (κ1) is 19.9. The monoisotopic (exact) mass is 432 g/mol. The van der Waals surface area contributed by atoms with Crippen LogP contribution in [0.15, 0.2) is 64.4 Å². The van der Waals surface area contributed by atoms with Crippen molar-refractivity contribution in [3.8, 4) is 5.69 Å². The van der Waals surface area contributed by atoms with E-state index in [1.807, 2.05) is 50.2 Å². The summed E-state index contributed by atoms with van der Waals surface area (Å²) in [5, 5.41) is 9.64. The molecule has 0 radical (unpaired) electrons. The van der Waals surface area contributed by atoms with Gasteiger partial charge in [0.15, 0.2) is 10.9 Å². The fraction of sp³-hybridized carbons (Fsp3) is 0.292. The molecule has 0 aliphatic heterocycles. The number of para-hydroxylation sites is 1. The van der Waals surface area contributed by atoms with Crippen molar-refractivity contribution in [2.24, 2.45) is 0 Å². The van der Waals surface area contributed by atoms with Gasteiger partial charge in [0.2, 0.25) is 0 Å². The zero-order valence-corrected chi connectivity index (χ0v) is 18.4. The topological polar surface area (TPSA) is 65.8 Å². The van der Waals surface area contributed by atoms with Gasteiger partial charge in [-0.15, -0.1) is 10.2 Å². The molecule has 1 aromatic carbocycles. The predicted molar refractivity (Wildman–Crippen MR) is 120 cm³/mol. The van der Waals surface area contributed by atoms with E-state index in [9.17, 15) is 4.79 Å². The number of carbonyl (C=O) groups is 1. The largest absolute Gasteiger partial charge is 0.467 e. The van der Waals surface area contributed by atoms with Gasteiger partial charge in [0.1, 0.15) is 11.6 Å².